The Morgan fingerprint density at radius 3 is 1.12 bits per heavy atom. The van der Waals surface area contributed by atoms with E-state index in [1.807, 2.05) is 0 Å². The molecule has 0 aromatic rings. The van der Waals surface area contributed by atoms with Gasteiger partial charge in [0.2, 0.25) is 5.91 Å². The number of carbonyl (C=O) groups is 2. The lowest BCUT2D eigenvalue weighted by Gasteiger charge is -2.22. The minimum Gasteiger partial charge on any atom is -0.466 e. The summed E-state index contributed by atoms with van der Waals surface area (Å²) >= 11 is 0. The molecule has 6 nitrogen and oxygen atoms in total. The van der Waals surface area contributed by atoms with Crippen molar-refractivity contribution in [3.8, 4) is 0 Å². The third-order valence-corrected chi connectivity index (χ3v) is 13.7. The minimum absolute atomic E-state index is 0.00237. The van der Waals surface area contributed by atoms with Gasteiger partial charge in [0.15, 0.2) is 0 Å². The molecule has 66 heavy (non-hydrogen) atoms. The largest absolute Gasteiger partial charge is 0.466 e. The molecule has 0 aromatic heterocycles. The minimum atomic E-state index is -0.665. The molecule has 6 heteroatoms. The predicted octanol–water partition coefficient (Wildman–Crippen LogP) is 18.2. The van der Waals surface area contributed by atoms with Crippen molar-refractivity contribution in [1.82, 2.24) is 5.32 Å². The lowest BCUT2D eigenvalue weighted by molar-refractivity contribution is -0.143. The fourth-order valence-electron chi connectivity index (χ4n) is 9.15. The molecule has 0 aliphatic rings. The molecular formula is C60H115NO5. The molecule has 0 saturated heterocycles. The van der Waals surface area contributed by atoms with E-state index in [2.05, 4.69) is 43.5 Å². The zero-order chi connectivity index (χ0) is 47.9. The molecule has 0 radical (unpaired) electrons. The maximum atomic E-state index is 12.5. The van der Waals surface area contributed by atoms with Crippen LogP contribution in [-0.4, -0.2) is 47.4 Å². The van der Waals surface area contributed by atoms with E-state index in [1.54, 1.807) is 0 Å². The second kappa shape index (κ2) is 55.9. The number of carbonyl (C=O) groups excluding carboxylic acids is 2. The van der Waals surface area contributed by atoms with Crippen LogP contribution in [0.1, 0.15) is 322 Å². The maximum absolute atomic E-state index is 12.5. The molecule has 0 rings (SSSR count). The number of amides is 1. The van der Waals surface area contributed by atoms with Crippen molar-refractivity contribution in [3.05, 3.63) is 24.3 Å². The lowest BCUT2D eigenvalue weighted by Crippen LogP contribution is -2.45. The van der Waals surface area contributed by atoms with E-state index in [9.17, 15) is 19.8 Å². The van der Waals surface area contributed by atoms with Crippen LogP contribution in [0.2, 0.25) is 0 Å². The van der Waals surface area contributed by atoms with Crippen molar-refractivity contribution in [2.75, 3.05) is 13.2 Å². The van der Waals surface area contributed by atoms with Gasteiger partial charge in [-0.25, -0.2) is 0 Å². The van der Waals surface area contributed by atoms with Crippen LogP contribution in [0.4, 0.5) is 0 Å². The Hall–Kier alpha value is -1.66. The van der Waals surface area contributed by atoms with Crippen molar-refractivity contribution in [2.45, 2.75) is 334 Å². The third-order valence-electron chi connectivity index (χ3n) is 13.7. The summed E-state index contributed by atoms with van der Waals surface area (Å²) in [6, 6.07) is -0.542. The highest BCUT2D eigenvalue weighted by Gasteiger charge is 2.20. The summed E-state index contributed by atoms with van der Waals surface area (Å²) in [7, 11) is 0. The van der Waals surface area contributed by atoms with E-state index < -0.39 is 12.1 Å². The summed E-state index contributed by atoms with van der Waals surface area (Å²) < 4.78 is 5.46. The number of esters is 1. The Labute approximate surface area is 411 Å². The molecule has 0 bridgehead atoms. The van der Waals surface area contributed by atoms with Crippen LogP contribution in [-0.2, 0) is 14.3 Å². The van der Waals surface area contributed by atoms with Crippen LogP contribution in [0.3, 0.4) is 0 Å². The first-order chi connectivity index (χ1) is 32.5. The Kier molecular flexibility index (Phi) is 54.5. The first kappa shape index (κ1) is 64.3. The van der Waals surface area contributed by atoms with E-state index in [0.29, 0.717) is 25.9 Å². The smallest absolute Gasteiger partial charge is 0.305 e. The number of ether oxygens (including phenoxy) is 1. The summed E-state index contributed by atoms with van der Waals surface area (Å²) in [5.74, 6) is -0.0350. The highest BCUT2D eigenvalue weighted by Crippen LogP contribution is 2.17. The van der Waals surface area contributed by atoms with Gasteiger partial charge < -0.3 is 20.3 Å². The topological polar surface area (TPSA) is 95.9 Å². The van der Waals surface area contributed by atoms with E-state index in [1.165, 1.54) is 244 Å². The molecule has 0 aliphatic carbocycles. The fraction of sp³-hybridized carbons (Fsp3) is 0.900. The summed E-state index contributed by atoms with van der Waals surface area (Å²) in [5, 5.41) is 23.2. The molecule has 2 atom stereocenters. The van der Waals surface area contributed by atoms with Gasteiger partial charge in [-0.2, -0.15) is 0 Å². The SMILES string of the molecule is CCCC/C=C\CCCCCCCC(=O)OCCCCCCCCCCCCCC/C=C\CCCCCCCCCCCC(=O)NC(CO)C(O)CCCCCCCCCCCCCCC. The number of aliphatic hydroxyl groups is 2. The quantitative estimate of drug-likeness (QED) is 0.0321. The second-order valence-corrected chi connectivity index (χ2v) is 20.3. The van der Waals surface area contributed by atoms with E-state index in [-0.39, 0.29) is 18.5 Å². The van der Waals surface area contributed by atoms with Crippen LogP contribution in [0, 0.1) is 0 Å². The molecular weight excluding hydrogens is 815 g/mol. The van der Waals surface area contributed by atoms with Gasteiger partial charge >= 0.3 is 5.97 Å². The summed E-state index contributed by atoms with van der Waals surface area (Å²) in [5.41, 5.74) is 0. The number of nitrogens with one attached hydrogen (secondary N) is 1. The van der Waals surface area contributed by atoms with Crippen molar-refractivity contribution in [2.24, 2.45) is 0 Å². The first-order valence-electron chi connectivity index (χ1n) is 29.6. The van der Waals surface area contributed by atoms with Gasteiger partial charge in [0.05, 0.1) is 25.4 Å². The van der Waals surface area contributed by atoms with E-state index >= 15 is 0 Å². The van der Waals surface area contributed by atoms with Crippen LogP contribution in [0.5, 0.6) is 0 Å². The Bertz CT molecular complexity index is 1030. The number of hydrogen-bond donors (Lipinski definition) is 3. The van der Waals surface area contributed by atoms with Gasteiger partial charge in [0, 0.05) is 12.8 Å². The van der Waals surface area contributed by atoms with Gasteiger partial charge in [0.1, 0.15) is 0 Å². The van der Waals surface area contributed by atoms with E-state index in [4.69, 9.17) is 4.74 Å². The molecule has 0 aliphatic heterocycles. The molecule has 0 fully saturated rings. The average Bonchev–Trinajstić information content (AvgIpc) is 3.32. The van der Waals surface area contributed by atoms with Crippen molar-refractivity contribution >= 4 is 11.9 Å². The van der Waals surface area contributed by atoms with Crippen LogP contribution >= 0.6 is 0 Å². The van der Waals surface area contributed by atoms with Gasteiger partial charge in [-0.1, -0.05) is 263 Å². The zero-order valence-electron chi connectivity index (χ0n) is 44.4. The zero-order valence-corrected chi connectivity index (χ0v) is 44.4. The van der Waals surface area contributed by atoms with Gasteiger partial charge in [0.25, 0.3) is 0 Å². The molecule has 1 amide bonds. The van der Waals surface area contributed by atoms with E-state index in [0.717, 1.165) is 44.9 Å². The number of allylic oxidation sites excluding steroid dienone is 4. The highest BCUT2D eigenvalue weighted by atomic mass is 16.5. The standard InChI is InChI=1S/C60H115NO5/c1-3-5-7-9-11-13-15-29-33-36-40-44-48-52-58(63)57(56-62)61-59(64)53-49-45-41-37-34-30-27-25-23-21-19-17-16-18-20-22-24-26-28-31-35-39-43-47-51-55-66-60(65)54-50-46-42-38-32-14-12-10-8-6-4-2/h10,12,17,19,57-58,62-63H,3-9,11,13-16,18,20-56H2,1-2H3,(H,61,64)/b12-10-,19-17-. The molecule has 2 unspecified atom stereocenters. The van der Waals surface area contributed by atoms with Gasteiger partial charge in [-0.3, -0.25) is 9.59 Å². The molecule has 0 heterocycles. The summed E-state index contributed by atoms with van der Waals surface area (Å²) in [6.07, 6.45) is 67.5. The number of rotatable bonds is 55. The molecule has 3 N–H and O–H groups in total. The highest BCUT2D eigenvalue weighted by molar-refractivity contribution is 5.76. The molecule has 0 aromatic carbocycles. The Balaban J connectivity index is 3.39. The normalized spacial score (nSPS) is 12.7. The fourth-order valence-corrected chi connectivity index (χ4v) is 9.15. The Morgan fingerprint density at radius 2 is 0.727 bits per heavy atom. The number of aliphatic hydroxyl groups excluding tert-OH is 2. The summed E-state index contributed by atoms with van der Waals surface area (Å²) in [4.78, 5) is 24.4. The van der Waals surface area contributed by atoms with Crippen molar-refractivity contribution in [1.29, 1.82) is 0 Å². The second-order valence-electron chi connectivity index (χ2n) is 20.3. The van der Waals surface area contributed by atoms with Crippen molar-refractivity contribution in [3.63, 3.8) is 0 Å². The summed E-state index contributed by atoms with van der Waals surface area (Å²) in [6.45, 7) is 4.92. The van der Waals surface area contributed by atoms with Crippen LogP contribution in [0.15, 0.2) is 24.3 Å². The molecule has 390 valence electrons. The lowest BCUT2D eigenvalue weighted by atomic mass is 10.0. The van der Waals surface area contributed by atoms with Crippen LogP contribution in [0.25, 0.3) is 0 Å². The number of unbranched alkanes of at least 4 members (excludes halogenated alkanes) is 40. The third kappa shape index (κ3) is 51.7. The first-order valence-corrected chi connectivity index (χ1v) is 29.6. The van der Waals surface area contributed by atoms with Gasteiger partial charge in [-0.15, -0.1) is 0 Å². The monoisotopic (exact) mass is 930 g/mol. The predicted molar refractivity (Wildman–Crippen MR) is 287 cm³/mol. The average molecular weight is 931 g/mol. The number of hydrogen-bond acceptors (Lipinski definition) is 5. The van der Waals surface area contributed by atoms with Gasteiger partial charge in [-0.05, 0) is 70.6 Å². The van der Waals surface area contributed by atoms with Crippen LogP contribution < -0.4 is 5.32 Å². The maximum Gasteiger partial charge on any atom is 0.305 e. The Morgan fingerprint density at radius 1 is 0.409 bits per heavy atom. The molecule has 0 saturated carbocycles. The molecule has 0 spiro atoms. The van der Waals surface area contributed by atoms with Crippen molar-refractivity contribution < 1.29 is 24.5 Å².